The molecule has 1 aliphatic heterocycles. The highest BCUT2D eigenvalue weighted by Crippen LogP contribution is 2.38. The standard InChI is InChI=1S/C28H32N2O5/c1-2-32-28(31)15-19-7-9-20(10-8-19)21-11-13-22(14-12-21)24-16-27(30-29-24)34-18-23-17-33-25-5-3-4-6-26(25)35-23/h3-6,11-14,16,19-20,23H,2,7-10,15,17-18H2,1H3,(H,29,30). The van der Waals surface area contributed by atoms with Crippen molar-refractivity contribution in [3.63, 3.8) is 0 Å². The van der Waals surface area contributed by atoms with Crippen molar-refractivity contribution in [1.82, 2.24) is 10.2 Å². The highest BCUT2D eigenvalue weighted by molar-refractivity contribution is 5.69. The summed E-state index contributed by atoms with van der Waals surface area (Å²) in [6.45, 7) is 3.12. The molecule has 7 nitrogen and oxygen atoms in total. The molecule has 35 heavy (non-hydrogen) atoms. The Bertz CT molecular complexity index is 1120. The number of hydrogen-bond acceptors (Lipinski definition) is 6. The number of fused-ring (bicyclic) bond motifs is 1. The lowest BCUT2D eigenvalue weighted by Crippen LogP contribution is -2.34. The van der Waals surface area contributed by atoms with E-state index in [1.54, 1.807) is 0 Å². The molecule has 1 atom stereocenters. The maximum atomic E-state index is 11.8. The third-order valence-corrected chi connectivity index (χ3v) is 6.84. The summed E-state index contributed by atoms with van der Waals surface area (Å²) in [5.74, 6) is 2.97. The number of carbonyl (C=O) groups excluding carboxylic acids is 1. The van der Waals surface area contributed by atoms with Crippen LogP contribution in [0.2, 0.25) is 0 Å². The van der Waals surface area contributed by atoms with Crippen molar-refractivity contribution in [1.29, 1.82) is 0 Å². The molecule has 3 aromatic rings. The zero-order chi connectivity index (χ0) is 24.0. The molecule has 2 heterocycles. The summed E-state index contributed by atoms with van der Waals surface area (Å²) in [6, 6.07) is 18.2. The van der Waals surface area contributed by atoms with Gasteiger partial charge in [0.1, 0.15) is 13.2 Å². The van der Waals surface area contributed by atoms with Crippen molar-refractivity contribution in [2.24, 2.45) is 5.92 Å². The molecule has 2 aromatic carbocycles. The molecule has 0 saturated heterocycles. The summed E-state index contributed by atoms with van der Waals surface area (Å²) in [4.78, 5) is 11.8. The minimum absolute atomic E-state index is 0.0619. The predicted octanol–water partition coefficient (Wildman–Crippen LogP) is 5.52. The van der Waals surface area contributed by atoms with Crippen LogP contribution in [0.5, 0.6) is 17.4 Å². The number of aromatic amines is 1. The van der Waals surface area contributed by atoms with E-state index in [1.807, 2.05) is 37.3 Å². The summed E-state index contributed by atoms with van der Waals surface area (Å²) >= 11 is 0. The number of aromatic nitrogens is 2. The molecule has 0 radical (unpaired) electrons. The monoisotopic (exact) mass is 476 g/mol. The van der Waals surface area contributed by atoms with Gasteiger partial charge in [-0.2, -0.15) is 0 Å². The van der Waals surface area contributed by atoms with Gasteiger partial charge in [0.25, 0.3) is 0 Å². The summed E-state index contributed by atoms with van der Waals surface area (Å²) in [7, 11) is 0. The molecule has 0 amide bonds. The van der Waals surface area contributed by atoms with Crippen molar-refractivity contribution in [2.45, 2.75) is 51.0 Å². The van der Waals surface area contributed by atoms with Crippen molar-refractivity contribution in [2.75, 3.05) is 19.8 Å². The van der Waals surface area contributed by atoms with Gasteiger partial charge in [-0.1, -0.05) is 36.4 Å². The Labute approximate surface area is 205 Å². The fourth-order valence-corrected chi connectivity index (χ4v) is 4.94. The van der Waals surface area contributed by atoms with Gasteiger partial charge in [0.15, 0.2) is 17.6 Å². The molecule has 5 rings (SSSR count). The van der Waals surface area contributed by atoms with Gasteiger partial charge in [0, 0.05) is 12.5 Å². The van der Waals surface area contributed by atoms with Crippen LogP contribution in [0.3, 0.4) is 0 Å². The molecule has 1 N–H and O–H groups in total. The lowest BCUT2D eigenvalue weighted by atomic mass is 9.77. The van der Waals surface area contributed by atoms with Crippen LogP contribution >= 0.6 is 0 Å². The Morgan fingerprint density at radius 1 is 1.06 bits per heavy atom. The van der Waals surface area contributed by atoms with E-state index in [1.165, 1.54) is 5.56 Å². The summed E-state index contributed by atoms with van der Waals surface area (Å²) < 4.78 is 22.6. The SMILES string of the molecule is CCOC(=O)CC1CCC(c2ccc(-c3cc(OCC4COc5ccccc5O4)n[nH]3)cc2)CC1. The molecule has 0 spiro atoms. The smallest absolute Gasteiger partial charge is 0.306 e. The second-order valence-corrected chi connectivity index (χ2v) is 9.28. The largest absolute Gasteiger partial charge is 0.486 e. The number of nitrogens with one attached hydrogen (secondary N) is 1. The number of nitrogens with zero attached hydrogens (tertiary/aromatic N) is 1. The first kappa shape index (κ1) is 23.3. The number of ether oxygens (including phenoxy) is 4. The predicted molar refractivity (Wildman–Crippen MR) is 132 cm³/mol. The zero-order valence-electron chi connectivity index (χ0n) is 20.1. The number of benzene rings is 2. The van der Waals surface area contributed by atoms with E-state index in [0.29, 0.717) is 44.0 Å². The first-order chi connectivity index (χ1) is 17.2. The summed E-state index contributed by atoms with van der Waals surface area (Å²) in [5, 5.41) is 7.37. The van der Waals surface area contributed by atoms with Crippen molar-refractivity contribution in [3.8, 4) is 28.6 Å². The van der Waals surface area contributed by atoms with Crippen LogP contribution in [0, 0.1) is 5.92 Å². The zero-order valence-corrected chi connectivity index (χ0v) is 20.1. The lowest BCUT2D eigenvalue weighted by Gasteiger charge is -2.28. The van der Waals surface area contributed by atoms with E-state index in [9.17, 15) is 4.79 Å². The highest BCUT2D eigenvalue weighted by Gasteiger charge is 2.25. The average Bonchev–Trinajstić information content (AvgIpc) is 3.37. The second kappa shape index (κ2) is 10.8. The van der Waals surface area contributed by atoms with Crippen molar-refractivity contribution >= 4 is 5.97 Å². The first-order valence-electron chi connectivity index (χ1n) is 12.5. The average molecular weight is 477 g/mol. The van der Waals surface area contributed by atoms with Gasteiger partial charge in [-0.15, -0.1) is 5.10 Å². The van der Waals surface area contributed by atoms with Crippen LogP contribution in [0.4, 0.5) is 0 Å². The summed E-state index contributed by atoms with van der Waals surface area (Å²) in [5.41, 5.74) is 3.34. The molecule has 1 saturated carbocycles. The minimum Gasteiger partial charge on any atom is -0.486 e. The van der Waals surface area contributed by atoms with Gasteiger partial charge in [0.05, 0.1) is 12.3 Å². The molecule has 1 fully saturated rings. The van der Waals surface area contributed by atoms with Gasteiger partial charge in [-0.05, 0) is 67.7 Å². The van der Waals surface area contributed by atoms with Gasteiger partial charge < -0.3 is 18.9 Å². The Kier molecular flexibility index (Phi) is 7.21. The van der Waals surface area contributed by atoms with E-state index < -0.39 is 0 Å². The Hall–Kier alpha value is -3.48. The molecule has 1 aromatic heterocycles. The van der Waals surface area contributed by atoms with Crippen LogP contribution in [-0.2, 0) is 9.53 Å². The lowest BCUT2D eigenvalue weighted by molar-refractivity contribution is -0.144. The highest BCUT2D eigenvalue weighted by atomic mass is 16.6. The molecule has 1 aliphatic carbocycles. The third kappa shape index (κ3) is 5.78. The minimum atomic E-state index is -0.184. The Morgan fingerprint density at radius 3 is 2.60 bits per heavy atom. The van der Waals surface area contributed by atoms with Crippen LogP contribution in [0.25, 0.3) is 11.3 Å². The maximum absolute atomic E-state index is 11.8. The number of para-hydroxylation sites is 2. The first-order valence-corrected chi connectivity index (χ1v) is 12.5. The van der Waals surface area contributed by atoms with Crippen LogP contribution in [0.1, 0.15) is 50.5 Å². The molecular weight excluding hydrogens is 444 g/mol. The number of H-pyrrole nitrogens is 1. The molecule has 7 heteroatoms. The van der Waals surface area contributed by atoms with Crippen molar-refractivity contribution in [3.05, 3.63) is 60.2 Å². The normalized spacial score (nSPS) is 21.3. The second-order valence-electron chi connectivity index (χ2n) is 9.28. The molecule has 2 aliphatic rings. The van der Waals surface area contributed by atoms with Gasteiger partial charge in [-0.25, -0.2) is 0 Å². The molecule has 1 unspecified atom stereocenters. The van der Waals surface area contributed by atoms with E-state index in [4.69, 9.17) is 18.9 Å². The van der Waals surface area contributed by atoms with Gasteiger partial charge in [0.2, 0.25) is 5.88 Å². The summed E-state index contributed by atoms with van der Waals surface area (Å²) in [6.07, 6.45) is 4.75. The fourth-order valence-electron chi connectivity index (χ4n) is 4.94. The van der Waals surface area contributed by atoms with E-state index in [-0.39, 0.29) is 12.1 Å². The topological polar surface area (TPSA) is 82.7 Å². The molecular formula is C28H32N2O5. The van der Waals surface area contributed by atoms with E-state index in [2.05, 4.69) is 34.5 Å². The van der Waals surface area contributed by atoms with Crippen LogP contribution in [0.15, 0.2) is 54.6 Å². The van der Waals surface area contributed by atoms with E-state index in [0.717, 1.165) is 48.4 Å². The number of rotatable bonds is 8. The third-order valence-electron chi connectivity index (χ3n) is 6.84. The van der Waals surface area contributed by atoms with Crippen LogP contribution < -0.4 is 14.2 Å². The number of esters is 1. The molecule has 184 valence electrons. The van der Waals surface area contributed by atoms with Gasteiger partial charge >= 0.3 is 5.97 Å². The quantitative estimate of drug-likeness (QED) is 0.431. The fraction of sp³-hybridized carbons (Fsp3) is 0.429. The van der Waals surface area contributed by atoms with E-state index >= 15 is 0 Å². The maximum Gasteiger partial charge on any atom is 0.306 e. The Morgan fingerprint density at radius 2 is 1.83 bits per heavy atom. The Balaban J connectivity index is 1.11. The van der Waals surface area contributed by atoms with Crippen LogP contribution in [-0.4, -0.2) is 42.1 Å². The van der Waals surface area contributed by atoms with Crippen molar-refractivity contribution < 1.29 is 23.7 Å². The number of hydrogen-bond donors (Lipinski definition) is 1. The molecule has 0 bridgehead atoms. The number of carbonyl (C=O) groups is 1. The van der Waals surface area contributed by atoms with Gasteiger partial charge in [-0.3, -0.25) is 9.89 Å².